The number of nitrogens with one attached hydrogen (secondary N) is 1. The summed E-state index contributed by atoms with van der Waals surface area (Å²) in [6.45, 7) is 4.72. The summed E-state index contributed by atoms with van der Waals surface area (Å²) in [5.41, 5.74) is 0.694. The van der Waals surface area contributed by atoms with E-state index in [0.717, 1.165) is 16.4 Å². The Morgan fingerprint density at radius 3 is 2.21 bits per heavy atom. The highest BCUT2D eigenvalue weighted by Crippen LogP contribution is 2.28. The molecule has 208 valence electrons. The van der Waals surface area contributed by atoms with Crippen LogP contribution in [0.1, 0.15) is 32.8 Å². The number of hydrogen-bond acceptors (Lipinski definition) is 4. The zero-order chi connectivity index (χ0) is 28.7. The van der Waals surface area contributed by atoms with Gasteiger partial charge in [0, 0.05) is 17.6 Å². The molecule has 0 saturated heterocycles. The summed E-state index contributed by atoms with van der Waals surface area (Å²) in [5.74, 6) is -1.76. The second-order valence-electron chi connectivity index (χ2n) is 9.07. The van der Waals surface area contributed by atoms with E-state index < -0.39 is 34.3 Å². The fourth-order valence-corrected chi connectivity index (χ4v) is 5.45. The largest absolute Gasteiger partial charge is 0.352 e. The Morgan fingerprint density at radius 1 is 0.974 bits per heavy atom. The molecule has 0 aliphatic heterocycles. The zero-order valence-electron chi connectivity index (χ0n) is 21.8. The number of amides is 2. The van der Waals surface area contributed by atoms with Crippen LogP contribution in [0.25, 0.3) is 0 Å². The molecule has 0 aliphatic rings. The van der Waals surface area contributed by atoms with Gasteiger partial charge in [-0.2, -0.15) is 0 Å². The maximum absolute atomic E-state index is 13.9. The van der Waals surface area contributed by atoms with Crippen LogP contribution in [0.15, 0.2) is 77.7 Å². The van der Waals surface area contributed by atoms with Gasteiger partial charge in [-0.15, -0.1) is 0 Å². The lowest BCUT2D eigenvalue weighted by Gasteiger charge is -2.32. The number of carbonyl (C=O) groups excluding carboxylic acids is 2. The predicted octanol–water partition coefficient (Wildman–Crippen LogP) is 5.66. The summed E-state index contributed by atoms with van der Waals surface area (Å²) in [5, 5.41) is 3.08. The Labute approximate surface area is 238 Å². The summed E-state index contributed by atoms with van der Waals surface area (Å²) in [7, 11) is -4.27. The molecule has 0 radical (unpaired) electrons. The van der Waals surface area contributed by atoms with Crippen molar-refractivity contribution < 1.29 is 22.4 Å². The smallest absolute Gasteiger partial charge is 0.264 e. The molecule has 0 saturated carbocycles. The lowest BCUT2D eigenvalue weighted by molar-refractivity contribution is -0.139. The summed E-state index contributed by atoms with van der Waals surface area (Å²) in [6, 6.07) is 16.7. The molecule has 39 heavy (non-hydrogen) atoms. The van der Waals surface area contributed by atoms with Crippen LogP contribution in [-0.4, -0.2) is 43.8 Å². The molecule has 11 heteroatoms. The minimum absolute atomic E-state index is 0.00163. The number of benzene rings is 3. The van der Waals surface area contributed by atoms with Gasteiger partial charge in [-0.25, -0.2) is 12.8 Å². The van der Waals surface area contributed by atoms with Crippen LogP contribution in [0, 0.1) is 5.82 Å². The second kappa shape index (κ2) is 13.3. The highest BCUT2D eigenvalue weighted by atomic mass is 35.5. The number of halogens is 3. The number of nitrogens with zero attached hydrogens (tertiary/aromatic N) is 2. The van der Waals surface area contributed by atoms with Crippen molar-refractivity contribution in [2.75, 3.05) is 10.8 Å². The molecule has 0 fully saturated rings. The lowest BCUT2D eigenvalue weighted by Crippen LogP contribution is -2.52. The van der Waals surface area contributed by atoms with Gasteiger partial charge < -0.3 is 10.2 Å². The van der Waals surface area contributed by atoms with E-state index in [4.69, 9.17) is 23.2 Å². The standard InChI is InChI=1S/C28H30Cl2FN3O4S/c1-4-19(2)32-28(36)20(3)33(17-21-10-12-22(29)13-11-21)27(35)18-34(23-14-15-26(31)25(30)16-23)39(37,38)24-8-6-5-7-9-24/h5-16,19-20H,4,17-18H2,1-3H3,(H,32,36)/t19-,20+/m1/s1. The molecule has 0 aliphatic carbocycles. The van der Waals surface area contributed by atoms with Crippen molar-refractivity contribution in [2.45, 2.75) is 50.7 Å². The van der Waals surface area contributed by atoms with Gasteiger partial charge in [-0.05, 0) is 68.3 Å². The third-order valence-electron chi connectivity index (χ3n) is 6.24. The van der Waals surface area contributed by atoms with Crippen molar-refractivity contribution >= 4 is 50.7 Å². The molecule has 3 aromatic rings. The third-order valence-corrected chi connectivity index (χ3v) is 8.57. The van der Waals surface area contributed by atoms with E-state index in [-0.39, 0.29) is 34.1 Å². The summed E-state index contributed by atoms with van der Waals surface area (Å²) in [6.07, 6.45) is 0.692. The van der Waals surface area contributed by atoms with Crippen molar-refractivity contribution in [3.05, 3.63) is 94.2 Å². The quantitative estimate of drug-likeness (QED) is 0.311. The zero-order valence-corrected chi connectivity index (χ0v) is 24.1. The van der Waals surface area contributed by atoms with Gasteiger partial charge in [0.2, 0.25) is 11.8 Å². The lowest BCUT2D eigenvalue weighted by atomic mass is 10.1. The number of carbonyl (C=O) groups is 2. The molecule has 0 unspecified atom stereocenters. The average molecular weight is 595 g/mol. The van der Waals surface area contributed by atoms with Crippen LogP contribution in [0.5, 0.6) is 0 Å². The number of sulfonamides is 1. The molecule has 0 heterocycles. The van der Waals surface area contributed by atoms with Crippen molar-refractivity contribution in [3.63, 3.8) is 0 Å². The average Bonchev–Trinajstić information content (AvgIpc) is 2.92. The van der Waals surface area contributed by atoms with Gasteiger partial charge in [0.1, 0.15) is 18.4 Å². The SMILES string of the molecule is CC[C@@H](C)NC(=O)[C@H](C)N(Cc1ccc(Cl)cc1)C(=O)CN(c1ccc(F)c(Cl)c1)S(=O)(=O)c1ccccc1. The van der Waals surface area contributed by atoms with Crippen LogP contribution in [0.2, 0.25) is 10.0 Å². The molecule has 0 spiro atoms. The molecule has 2 atom stereocenters. The van der Waals surface area contributed by atoms with Crippen molar-refractivity contribution in [2.24, 2.45) is 0 Å². The second-order valence-corrected chi connectivity index (χ2v) is 11.8. The normalized spacial score (nSPS) is 12.9. The van der Waals surface area contributed by atoms with Crippen LogP contribution in [0.3, 0.4) is 0 Å². The van der Waals surface area contributed by atoms with Crippen LogP contribution < -0.4 is 9.62 Å². The van der Waals surface area contributed by atoms with Gasteiger partial charge in [0.05, 0.1) is 15.6 Å². The molecule has 0 aromatic heterocycles. The fourth-order valence-electron chi connectivity index (χ4n) is 3.72. The highest BCUT2D eigenvalue weighted by molar-refractivity contribution is 7.92. The Balaban J connectivity index is 2.03. The first-order valence-corrected chi connectivity index (χ1v) is 14.5. The van der Waals surface area contributed by atoms with E-state index in [0.29, 0.717) is 17.0 Å². The number of rotatable bonds is 11. The van der Waals surface area contributed by atoms with Crippen molar-refractivity contribution in [1.82, 2.24) is 10.2 Å². The molecular formula is C28H30Cl2FN3O4S. The Morgan fingerprint density at radius 2 is 1.62 bits per heavy atom. The minimum Gasteiger partial charge on any atom is -0.352 e. The van der Waals surface area contributed by atoms with E-state index in [1.807, 2.05) is 13.8 Å². The maximum atomic E-state index is 13.9. The maximum Gasteiger partial charge on any atom is 0.264 e. The van der Waals surface area contributed by atoms with Crippen LogP contribution >= 0.6 is 23.2 Å². The third kappa shape index (κ3) is 7.71. The van der Waals surface area contributed by atoms with Crippen molar-refractivity contribution in [1.29, 1.82) is 0 Å². The van der Waals surface area contributed by atoms with E-state index in [1.54, 1.807) is 49.4 Å². The monoisotopic (exact) mass is 593 g/mol. The van der Waals surface area contributed by atoms with Crippen molar-refractivity contribution in [3.8, 4) is 0 Å². The van der Waals surface area contributed by atoms with Crippen LogP contribution in [0.4, 0.5) is 10.1 Å². The Kier molecular flexibility index (Phi) is 10.4. The Bertz CT molecular complexity index is 1410. The fraction of sp³-hybridized carbons (Fsp3) is 0.286. The Hall–Kier alpha value is -3.14. The topological polar surface area (TPSA) is 86.8 Å². The van der Waals surface area contributed by atoms with Gasteiger partial charge in [-0.3, -0.25) is 13.9 Å². The molecular weight excluding hydrogens is 564 g/mol. The summed E-state index contributed by atoms with van der Waals surface area (Å²) < 4.78 is 42.2. The highest BCUT2D eigenvalue weighted by Gasteiger charge is 2.33. The van der Waals surface area contributed by atoms with Gasteiger partial charge >= 0.3 is 0 Å². The first kappa shape index (κ1) is 30.4. The van der Waals surface area contributed by atoms with E-state index in [9.17, 15) is 22.4 Å². The first-order valence-electron chi connectivity index (χ1n) is 12.3. The molecule has 1 N–H and O–H groups in total. The van der Waals surface area contributed by atoms with Crippen LogP contribution in [-0.2, 0) is 26.2 Å². The van der Waals surface area contributed by atoms with E-state index in [1.165, 1.54) is 23.1 Å². The molecule has 3 rings (SSSR count). The summed E-state index contributed by atoms with van der Waals surface area (Å²) in [4.78, 5) is 28.1. The number of anilines is 1. The number of hydrogen-bond donors (Lipinski definition) is 1. The van der Waals surface area contributed by atoms with E-state index >= 15 is 0 Å². The molecule has 3 aromatic carbocycles. The molecule has 2 amide bonds. The van der Waals surface area contributed by atoms with Gasteiger partial charge in [0.25, 0.3) is 10.0 Å². The predicted molar refractivity (Wildman–Crippen MR) is 152 cm³/mol. The van der Waals surface area contributed by atoms with Gasteiger partial charge in [0.15, 0.2) is 0 Å². The molecule has 0 bridgehead atoms. The first-order chi connectivity index (χ1) is 18.4. The molecule has 7 nitrogen and oxygen atoms in total. The van der Waals surface area contributed by atoms with Gasteiger partial charge in [-0.1, -0.05) is 60.5 Å². The van der Waals surface area contributed by atoms with E-state index in [2.05, 4.69) is 5.32 Å². The summed E-state index contributed by atoms with van der Waals surface area (Å²) >= 11 is 12.0. The minimum atomic E-state index is -4.27.